The van der Waals surface area contributed by atoms with Crippen molar-refractivity contribution in [3.8, 4) is 5.75 Å². The number of carbonyl (C=O) groups is 1. The van der Waals surface area contributed by atoms with Crippen LogP contribution in [-0.4, -0.2) is 47.5 Å². The largest absolute Gasteiger partial charge is 0.496 e. The molecule has 6 nitrogen and oxygen atoms in total. The van der Waals surface area contributed by atoms with E-state index < -0.39 is 0 Å². The Morgan fingerprint density at radius 1 is 1.26 bits per heavy atom. The number of rotatable bonds is 6. The molecule has 0 spiro atoms. The van der Waals surface area contributed by atoms with Crippen LogP contribution in [0.3, 0.4) is 0 Å². The van der Waals surface area contributed by atoms with Crippen LogP contribution in [0.2, 0.25) is 0 Å². The number of para-hydroxylation sites is 1. The van der Waals surface area contributed by atoms with Crippen molar-refractivity contribution in [2.45, 2.75) is 33.1 Å². The molecule has 1 saturated heterocycles. The van der Waals surface area contributed by atoms with Crippen LogP contribution in [0.15, 0.2) is 30.3 Å². The van der Waals surface area contributed by atoms with E-state index in [4.69, 9.17) is 4.74 Å². The molecule has 27 heavy (non-hydrogen) atoms. The van der Waals surface area contributed by atoms with Gasteiger partial charge in [-0.3, -0.25) is 4.79 Å². The minimum Gasteiger partial charge on any atom is -0.496 e. The van der Waals surface area contributed by atoms with Gasteiger partial charge in [-0.25, -0.2) is 9.97 Å². The number of aromatic nitrogens is 2. The monoisotopic (exact) mass is 368 g/mol. The number of benzene rings is 1. The molecular formula is C21H28N4O2. The van der Waals surface area contributed by atoms with Gasteiger partial charge in [0.05, 0.1) is 7.11 Å². The number of carbonyl (C=O) groups excluding carboxylic acids is 1. The highest BCUT2D eigenvalue weighted by atomic mass is 16.5. The van der Waals surface area contributed by atoms with Gasteiger partial charge in [0.1, 0.15) is 23.1 Å². The Morgan fingerprint density at radius 3 is 2.74 bits per heavy atom. The summed E-state index contributed by atoms with van der Waals surface area (Å²) in [5, 5.41) is 3.31. The van der Waals surface area contributed by atoms with Gasteiger partial charge in [0.25, 0.3) is 5.91 Å². The molecule has 0 radical (unpaired) electrons. The summed E-state index contributed by atoms with van der Waals surface area (Å²) in [7, 11) is 1.68. The van der Waals surface area contributed by atoms with E-state index in [0.717, 1.165) is 43.7 Å². The fraction of sp³-hybridized carbons (Fsp3) is 0.476. The predicted octanol–water partition coefficient (Wildman–Crippen LogP) is 3.32. The van der Waals surface area contributed by atoms with Crippen molar-refractivity contribution in [1.82, 2.24) is 14.9 Å². The average molecular weight is 368 g/mol. The zero-order chi connectivity index (χ0) is 19.2. The number of methoxy groups -OCH3 is 1. The van der Waals surface area contributed by atoms with Gasteiger partial charge in [-0.05, 0) is 43.7 Å². The van der Waals surface area contributed by atoms with Gasteiger partial charge in [0, 0.05) is 25.7 Å². The van der Waals surface area contributed by atoms with Crippen molar-refractivity contribution in [3.05, 3.63) is 47.4 Å². The van der Waals surface area contributed by atoms with E-state index in [1.807, 2.05) is 30.0 Å². The summed E-state index contributed by atoms with van der Waals surface area (Å²) >= 11 is 0. The van der Waals surface area contributed by atoms with E-state index in [1.54, 1.807) is 13.2 Å². The van der Waals surface area contributed by atoms with E-state index in [-0.39, 0.29) is 5.91 Å². The van der Waals surface area contributed by atoms with Gasteiger partial charge in [0.15, 0.2) is 0 Å². The maximum absolute atomic E-state index is 12.8. The van der Waals surface area contributed by atoms with Crippen LogP contribution < -0.4 is 10.1 Å². The molecule has 6 heteroatoms. The topological polar surface area (TPSA) is 67.3 Å². The molecule has 0 bridgehead atoms. The smallest absolute Gasteiger partial charge is 0.272 e. The molecule has 1 aromatic carbocycles. The lowest BCUT2D eigenvalue weighted by Gasteiger charge is -2.30. The minimum absolute atomic E-state index is 0.000165. The van der Waals surface area contributed by atoms with E-state index in [1.165, 1.54) is 0 Å². The second-order valence-corrected chi connectivity index (χ2v) is 7.15. The van der Waals surface area contributed by atoms with Crippen molar-refractivity contribution >= 4 is 11.7 Å². The van der Waals surface area contributed by atoms with E-state index in [2.05, 4.69) is 28.3 Å². The number of hydrogen-bond donors (Lipinski definition) is 1. The normalized spacial score (nSPS) is 14.9. The quantitative estimate of drug-likeness (QED) is 0.847. The molecule has 1 fully saturated rings. The van der Waals surface area contributed by atoms with Crippen LogP contribution in [0.25, 0.3) is 0 Å². The first kappa shape index (κ1) is 19.1. The lowest BCUT2D eigenvalue weighted by molar-refractivity contribution is 0.0691. The highest BCUT2D eigenvalue weighted by molar-refractivity contribution is 5.93. The fourth-order valence-corrected chi connectivity index (χ4v) is 3.38. The first-order valence-corrected chi connectivity index (χ1v) is 9.57. The summed E-state index contributed by atoms with van der Waals surface area (Å²) in [6.45, 7) is 6.37. The van der Waals surface area contributed by atoms with Gasteiger partial charge in [0.2, 0.25) is 0 Å². The lowest BCUT2D eigenvalue weighted by atomic mass is 9.99. The molecule has 1 aliphatic heterocycles. The maximum atomic E-state index is 12.8. The summed E-state index contributed by atoms with van der Waals surface area (Å²) in [5.74, 6) is 2.86. The molecule has 1 N–H and O–H groups in total. The van der Waals surface area contributed by atoms with Crippen LogP contribution in [0.1, 0.15) is 41.6 Å². The lowest BCUT2D eigenvalue weighted by Crippen LogP contribution is -2.38. The number of likely N-dealkylation sites (tertiary alicyclic amines) is 1. The summed E-state index contributed by atoms with van der Waals surface area (Å²) in [6, 6.07) is 9.74. The van der Waals surface area contributed by atoms with Crippen LogP contribution >= 0.6 is 0 Å². The Balaban J connectivity index is 1.64. The fourth-order valence-electron chi connectivity index (χ4n) is 3.38. The number of nitrogens with zero attached hydrogens (tertiary/aromatic N) is 3. The Morgan fingerprint density at radius 2 is 2.00 bits per heavy atom. The third-order valence-corrected chi connectivity index (χ3v) is 5.02. The third kappa shape index (κ3) is 4.96. The molecule has 0 aliphatic carbocycles. The van der Waals surface area contributed by atoms with Crippen molar-refractivity contribution in [1.29, 1.82) is 0 Å². The van der Waals surface area contributed by atoms with E-state index in [9.17, 15) is 4.79 Å². The Kier molecular flexibility index (Phi) is 6.27. The predicted molar refractivity (Wildman–Crippen MR) is 106 cm³/mol. The number of hydrogen-bond acceptors (Lipinski definition) is 5. The van der Waals surface area contributed by atoms with Crippen molar-refractivity contribution in [2.24, 2.45) is 5.92 Å². The number of ether oxygens (including phenoxy) is 1. The molecule has 1 aromatic heterocycles. The van der Waals surface area contributed by atoms with Crippen molar-refractivity contribution in [3.63, 3.8) is 0 Å². The Bertz CT molecular complexity index is 786. The number of aryl methyl sites for hydroxylation is 1. The first-order chi connectivity index (χ1) is 13.1. The second-order valence-electron chi connectivity index (χ2n) is 7.15. The molecule has 1 aliphatic rings. The molecule has 0 unspecified atom stereocenters. The molecule has 2 heterocycles. The van der Waals surface area contributed by atoms with Crippen LogP contribution in [-0.2, 0) is 6.42 Å². The van der Waals surface area contributed by atoms with Crippen LogP contribution in [0.4, 0.5) is 5.82 Å². The van der Waals surface area contributed by atoms with Gasteiger partial charge in [-0.1, -0.05) is 25.1 Å². The zero-order valence-corrected chi connectivity index (χ0v) is 16.4. The molecule has 3 rings (SSSR count). The summed E-state index contributed by atoms with van der Waals surface area (Å²) in [6.07, 6.45) is 2.92. The Labute approximate surface area is 161 Å². The van der Waals surface area contributed by atoms with Crippen molar-refractivity contribution in [2.75, 3.05) is 32.1 Å². The Hall–Kier alpha value is -2.63. The van der Waals surface area contributed by atoms with Gasteiger partial charge >= 0.3 is 0 Å². The maximum Gasteiger partial charge on any atom is 0.272 e. The molecule has 0 saturated carbocycles. The summed E-state index contributed by atoms with van der Waals surface area (Å²) in [5.41, 5.74) is 1.61. The summed E-state index contributed by atoms with van der Waals surface area (Å²) in [4.78, 5) is 23.5. The molecule has 0 atom stereocenters. The average Bonchev–Trinajstić information content (AvgIpc) is 2.68. The number of piperidine rings is 1. The van der Waals surface area contributed by atoms with Gasteiger partial charge < -0.3 is 15.0 Å². The highest BCUT2D eigenvalue weighted by Crippen LogP contribution is 2.20. The molecule has 2 aromatic rings. The summed E-state index contributed by atoms with van der Waals surface area (Å²) < 4.78 is 5.39. The van der Waals surface area contributed by atoms with Crippen LogP contribution in [0, 0.1) is 12.8 Å². The van der Waals surface area contributed by atoms with E-state index >= 15 is 0 Å². The molecule has 1 amide bonds. The zero-order valence-electron chi connectivity index (χ0n) is 16.4. The molecular weight excluding hydrogens is 340 g/mol. The third-order valence-electron chi connectivity index (χ3n) is 5.02. The second kappa shape index (κ2) is 8.84. The number of amides is 1. The standard InChI is InChI=1S/C21H28N4O2/c1-15-9-12-25(13-10-15)21(26)18-14-20(24-16(2)23-18)22-11-8-17-6-4-5-7-19(17)27-3/h4-7,14-15H,8-13H2,1-3H3,(H,22,23,24). The van der Waals surface area contributed by atoms with Gasteiger partial charge in [-0.15, -0.1) is 0 Å². The van der Waals surface area contributed by atoms with Crippen LogP contribution in [0.5, 0.6) is 5.75 Å². The van der Waals surface area contributed by atoms with Gasteiger partial charge in [-0.2, -0.15) is 0 Å². The number of anilines is 1. The number of nitrogens with one attached hydrogen (secondary N) is 1. The highest BCUT2D eigenvalue weighted by Gasteiger charge is 2.23. The van der Waals surface area contributed by atoms with E-state index in [0.29, 0.717) is 29.8 Å². The molecule has 144 valence electrons. The first-order valence-electron chi connectivity index (χ1n) is 9.57. The van der Waals surface area contributed by atoms with Crippen molar-refractivity contribution < 1.29 is 9.53 Å². The SMILES string of the molecule is COc1ccccc1CCNc1cc(C(=O)N2CCC(C)CC2)nc(C)n1. The minimum atomic E-state index is 0.000165.